The molecule has 2 aromatic heterocycles. The first kappa shape index (κ1) is 14.2. The van der Waals surface area contributed by atoms with E-state index in [2.05, 4.69) is 18.9 Å². The van der Waals surface area contributed by atoms with E-state index in [0.29, 0.717) is 6.42 Å². The standard InChI is InChI=1S/C18H20N4O/c1-11-16-14(9-18(2,3)10-15(16)23)22(20-11)17-19-12-7-5-6-8-13(12)21(17)4/h5-8H,9-10H2,1-4H3. The Balaban J connectivity index is 1.98. The molecule has 0 unspecified atom stereocenters. The van der Waals surface area contributed by atoms with Crippen molar-refractivity contribution in [3.8, 4) is 5.95 Å². The molecule has 0 bridgehead atoms. The van der Waals surface area contributed by atoms with Gasteiger partial charge in [0.05, 0.1) is 28.0 Å². The molecule has 5 nitrogen and oxygen atoms in total. The van der Waals surface area contributed by atoms with Gasteiger partial charge in [-0.1, -0.05) is 26.0 Å². The van der Waals surface area contributed by atoms with Crippen molar-refractivity contribution in [2.45, 2.75) is 33.6 Å². The number of hydrogen-bond acceptors (Lipinski definition) is 3. The van der Waals surface area contributed by atoms with Gasteiger partial charge in [0.15, 0.2) is 5.78 Å². The number of fused-ring (bicyclic) bond motifs is 2. The highest BCUT2D eigenvalue weighted by Crippen LogP contribution is 2.37. The Morgan fingerprint density at radius 1 is 1.17 bits per heavy atom. The van der Waals surface area contributed by atoms with Crippen molar-refractivity contribution in [3.63, 3.8) is 0 Å². The second-order valence-electron chi connectivity index (χ2n) is 7.22. The zero-order valence-corrected chi connectivity index (χ0v) is 13.9. The number of para-hydroxylation sites is 2. The highest BCUT2D eigenvalue weighted by atomic mass is 16.1. The zero-order chi connectivity index (χ0) is 16.4. The molecule has 0 saturated heterocycles. The average molecular weight is 308 g/mol. The van der Waals surface area contributed by atoms with Gasteiger partial charge in [0, 0.05) is 13.5 Å². The van der Waals surface area contributed by atoms with Gasteiger partial charge in [0.2, 0.25) is 5.95 Å². The lowest BCUT2D eigenvalue weighted by Gasteiger charge is -2.28. The lowest BCUT2D eigenvalue weighted by Crippen LogP contribution is -2.28. The molecular weight excluding hydrogens is 288 g/mol. The van der Waals surface area contributed by atoms with Crippen LogP contribution in [0.25, 0.3) is 17.0 Å². The van der Waals surface area contributed by atoms with Crippen molar-refractivity contribution >= 4 is 16.8 Å². The third-order valence-corrected chi connectivity index (χ3v) is 4.67. The third kappa shape index (κ3) is 2.03. The smallest absolute Gasteiger partial charge is 0.231 e. The lowest BCUT2D eigenvalue weighted by atomic mass is 9.75. The van der Waals surface area contributed by atoms with Crippen LogP contribution < -0.4 is 0 Å². The molecule has 1 aliphatic carbocycles. The molecule has 0 N–H and O–H groups in total. The second-order valence-corrected chi connectivity index (χ2v) is 7.22. The van der Waals surface area contributed by atoms with Crippen molar-refractivity contribution in [2.75, 3.05) is 0 Å². The fourth-order valence-electron chi connectivity index (χ4n) is 3.63. The number of aromatic nitrogens is 4. The van der Waals surface area contributed by atoms with Crippen LogP contribution in [0.15, 0.2) is 24.3 Å². The monoisotopic (exact) mass is 308 g/mol. The van der Waals surface area contributed by atoms with Gasteiger partial charge in [-0.05, 0) is 30.9 Å². The maximum absolute atomic E-state index is 12.5. The molecule has 23 heavy (non-hydrogen) atoms. The highest BCUT2D eigenvalue weighted by molar-refractivity contribution is 5.99. The molecule has 0 spiro atoms. The van der Waals surface area contributed by atoms with Gasteiger partial charge in [-0.3, -0.25) is 4.79 Å². The number of carbonyl (C=O) groups excluding carboxylic acids is 1. The lowest BCUT2D eigenvalue weighted by molar-refractivity contribution is 0.0910. The normalized spacial score (nSPS) is 16.8. The molecule has 1 aliphatic rings. The molecule has 3 aromatic rings. The topological polar surface area (TPSA) is 52.7 Å². The molecule has 0 aliphatic heterocycles. The Kier molecular flexibility index (Phi) is 2.80. The van der Waals surface area contributed by atoms with Crippen molar-refractivity contribution in [3.05, 3.63) is 41.2 Å². The predicted octanol–water partition coefficient (Wildman–Crippen LogP) is 3.22. The number of ketones is 1. The molecule has 0 atom stereocenters. The number of rotatable bonds is 1. The molecule has 0 saturated carbocycles. The summed E-state index contributed by atoms with van der Waals surface area (Å²) in [6.07, 6.45) is 1.41. The molecule has 0 fully saturated rings. The van der Waals surface area contributed by atoms with Gasteiger partial charge in [0.25, 0.3) is 0 Å². The minimum Gasteiger partial charge on any atom is -0.311 e. The Bertz CT molecular complexity index is 945. The maximum atomic E-state index is 12.5. The number of hydrogen-bond donors (Lipinski definition) is 0. The minimum atomic E-state index is -0.0428. The quantitative estimate of drug-likeness (QED) is 0.693. The summed E-state index contributed by atoms with van der Waals surface area (Å²) in [6.45, 7) is 6.18. The summed E-state index contributed by atoms with van der Waals surface area (Å²) in [4.78, 5) is 17.3. The first-order valence-corrected chi connectivity index (χ1v) is 7.91. The van der Waals surface area contributed by atoms with Crippen LogP contribution in [0.4, 0.5) is 0 Å². The number of carbonyl (C=O) groups is 1. The molecule has 0 amide bonds. The number of Topliss-reactive ketones (excluding diaryl/α,β-unsaturated/α-hetero) is 1. The zero-order valence-electron chi connectivity index (χ0n) is 13.9. The van der Waals surface area contributed by atoms with Crippen LogP contribution in [-0.2, 0) is 13.5 Å². The molecule has 5 heteroatoms. The van der Waals surface area contributed by atoms with E-state index >= 15 is 0 Å². The van der Waals surface area contributed by atoms with E-state index in [9.17, 15) is 4.79 Å². The Morgan fingerprint density at radius 2 is 1.91 bits per heavy atom. The Hall–Kier alpha value is -2.43. The first-order valence-electron chi connectivity index (χ1n) is 7.91. The van der Waals surface area contributed by atoms with E-state index < -0.39 is 0 Å². The minimum absolute atomic E-state index is 0.0428. The fraction of sp³-hybridized carbons (Fsp3) is 0.389. The van der Waals surface area contributed by atoms with Gasteiger partial charge >= 0.3 is 0 Å². The van der Waals surface area contributed by atoms with E-state index in [-0.39, 0.29) is 11.2 Å². The molecule has 2 heterocycles. The fourth-order valence-corrected chi connectivity index (χ4v) is 3.63. The van der Waals surface area contributed by atoms with Crippen molar-refractivity contribution in [1.82, 2.24) is 19.3 Å². The van der Waals surface area contributed by atoms with Gasteiger partial charge in [-0.15, -0.1) is 0 Å². The molecular formula is C18H20N4O. The number of benzene rings is 1. The van der Waals surface area contributed by atoms with Crippen molar-refractivity contribution < 1.29 is 4.79 Å². The summed E-state index contributed by atoms with van der Waals surface area (Å²) in [5, 5.41) is 4.65. The van der Waals surface area contributed by atoms with Crippen LogP contribution in [0.1, 0.15) is 42.0 Å². The van der Waals surface area contributed by atoms with Gasteiger partial charge in [0.1, 0.15) is 0 Å². The first-order chi connectivity index (χ1) is 10.9. The Morgan fingerprint density at radius 3 is 2.65 bits per heavy atom. The van der Waals surface area contributed by atoms with E-state index in [1.165, 1.54) is 0 Å². The third-order valence-electron chi connectivity index (χ3n) is 4.67. The summed E-state index contributed by atoms with van der Waals surface area (Å²) in [7, 11) is 1.99. The van der Waals surface area contributed by atoms with E-state index in [0.717, 1.165) is 40.4 Å². The van der Waals surface area contributed by atoms with Crippen LogP contribution in [0, 0.1) is 12.3 Å². The number of imidazole rings is 1. The summed E-state index contributed by atoms with van der Waals surface area (Å²) < 4.78 is 3.90. The van der Waals surface area contributed by atoms with Crippen molar-refractivity contribution in [2.24, 2.45) is 12.5 Å². The van der Waals surface area contributed by atoms with Gasteiger partial charge in [-0.25, -0.2) is 9.67 Å². The summed E-state index contributed by atoms with van der Waals surface area (Å²) in [5.41, 5.74) is 4.53. The van der Waals surface area contributed by atoms with E-state index in [4.69, 9.17) is 4.98 Å². The molecule has 4 rings (SSSR count). The number of aryl methyl sites for hydroxylation is 2. The van der Waals surface area contributed by atoms with Gasteiger partial charge in [-0.2, -0.15) is 5.10 Å². The maximum Gasteiger partial charge on any atom is 0.231 e. The Labute approximate surface area is 134 Å². The summed E-state index contributed by atoms with van der Waals surface area (Å²) >= 11 is 0. The SMILES string of the molecule is Cc1nn(-c2nc3ccccc3n2C)c2c1C(=O)CC(C)(C)C2. The molecule has 1 aromatic carbocycles. The van der Waals surface area contributed by atoms with Crippen LogP contribution in [0.2, 0.25) is 0 Å². The van der Waals surface area contributed by atoms with E-state index in [1.807, 2.05) is 47.5 Å². The highest BCUT2D eigenvalue weighted by Gasteiger charge is 2.36. The van der Waals surface area contributed by atoms with Crippen LogP contribution in [-0.4, -0.2) is 25.1 Å². The second kappa shape index (κ2) is 4.54. The molecule has 118 valence electrons. The molecule has 0 radical (unpaired) electrons. The van der Waals surface area contributed by atoms with Gasteiger partial charge < -0.3 is 4.57 Å². The summed E-state index contributed by atoms with van der Waals surface area (Å²) in [5.74, 6) is 0.958. The predicted molar refractivity (Wildman–Crippen MR) is 89.0 cm³/mol. The average Bonchev–Trinajstić information content (AvgIpc) is 2.96. The summed E-state index contributed by atoms with van der Waals surface area (Å²) in [6, 6.07) is 8.03. The van der Waals surface area contributed by atoms with E-state index in [1.54, 1.807) is 0 Å². The number of nitrogens with zero attached hydrogens (tertiary/aromatic N) is 4. The van der Waals surface area contributed by atoms with Crippen LogP contribution >= 0.6 is 0 Å². The van der Waals surface area contributed by atoms with Crippen LogP contribution in [0.3, 0.4) is 0 Å². The largest absolute Gasteiger partial charge is 0.311 e. The van der Waals surface area contributed by atoms with Crippen LogP contribution in [0.5, 0.6) is 0 Å². The van der Waals surface area contributed by atoms with Crippen molar-refractivity contribution in [1.29, 1.82) is 0 Å².